The number of hydrogen-bond donors (Lipinski definition) is 1. The lowest BCUT2D eigenvalue weighted by Crippen LogP contribution is -2.16. The topological polar surface area (TPSA) is 81.4 Å². The molecular weight excluding hydrogens is 450 g/mol. The largest absolute Gasteiger partial charge is 0.465 e. The summed E-state index contributed by atoms with van der Waals surface area (Å²) >= 11 is 0. The van der Waals surface area contributed by atoms with Gasteiger partial charge in [0, 0.05) is 11.9 Å². The minimum atomic E-state index is -0.358. The van der Waals surface area contributed by atoms with Crippen LogP contribution in [-0.2, 0) is 4.74 Å². The van der Waals surface area contributed by atoms with Gasteiger partial charge >= 0.3 is 5.97 Å². The Bertz CT molecular complexity index is 1630. The monoisotopic (exact) mass is 475 g/mol. The number of carbonyl (C=O) groups is 1. The second kappa shape index (κ2) is 8.92. The summed E-state index contributed by atoms with van der Waals surface area (Å²) in [5, 5.41) is 4.44. The Morgan fingerprint density at radius 2 is 1.83 bits per heavy atom. The van der Waals surface area contributed by atoms with E-state index >= 15 is 0 Å². The van der Waals surface area contributed by atoms with Crippen molar-refractivity contribution >= 4 is 28.4 Å². The van der Waals surface area contributed by atoms with Gasteiger partial charge in [-0.2, -0.15) is 0 Å². The molecule has 0 amide bonds. The van der Waals surface area contributed by atoms with Crippen LogP contribution >= 0.6 is 0 Å². The van der Waals surface area contributed by atoms with Crippen molar-refractivity contribution in [1.82, 2.24) is 14.5 Å². The number of para-hydroxylation sites is 2. The summed E-state index contributed by atoms with van der Waals surface area (Å²) in [7, 11) is 1.39. The number of anilines is 2. The molecule has 7 nitrogen and oxygen atoms in total. The average molecular weight is 476 g/mol. The first-order valence-electron chi connectivity index (χ1n) is 12.0. The van der Waals surface area contributed by atoms with E-state index in [-0.39, 0.29) is 5.97 Å². The molecule has 0 atom stereocenters. The summed E-state index contributed by atoms with van der Waals surface area (Å²) in [4.78, 5) is 26.4. The average Bonchev–Trinajstić information content (AvgIpc) is 3.73. The number of carbonyl (C=O) groups excluding carboxylic acids is 1. The maximum Gasteiger partial charge on any atom is 0.337 e. The molecule has 2 heterocycles. The van der Waals surface area contributed by atoms with Crippen LogP contribution in [0.15, 0.2) is 84.0 Å². The summed E-state index contributed by atoms with van der Waals surface area (Å²) in [6.45, 7) is 1.98. The highest BCUT2D eigenvalue weighted by atomic mass is 16.5. The van der Waals surface area contributed by atoms with Crippen molar-refractivity contribution in [3.05, 3.63) is 95.6 Å². The zero-order chi connectivity index (χ0) is 24.6. The number of nitrogens with zero attached hydrogens (tertiary/aromatic N) is 4. The number of rotatable bonds is 5. The predicted molar refractivity (Wildman–Crippen MR) is 140 cm³/mol. The smallest absolute Gasteiger partial charge is 0.337 e. The Morgan fingerprint density at radius 3 is 2.58 bits per heavy atom. The van der Waals surface area contributed by atoms with Gasteiger partial charge in [0.25, 0.3) is 0 Å². The number of esters is 1. The van der Waals surface area contributed by atoms with E-state index in [2.05, 4.69) is 33.1 Å². The summed E-state index contributed by atoms with van der Waals surface area (Å²) in [6.07, 6.45) is 4.00. The molecule has 1 N–H and O–H groups in total. The Kier molecular flexibility index (Phi) is 5.45. The SMILES string of the molecule is COC(=O)c1ccc(-n2c3cc(=NC4CC4)c(Nc4cccnc4C)cc-3nc3ccccc32)cc1. The quantitative estimate of drug-likeness (QED) is 0.271. The van der Waals surface area contributed by atoms with Gasteiger partial charge in [-0.25, -0.2) is 9.78 Å². The second-order valence-corrected chi connectivity index (χ2v) is 8.95. The van der Waals surface area contributed by atoms with Crippen LogP contribution in [0.2, 0.25) is 0 Å². The molecule has 0 spiro atoms. The number of hydrogen-bond acceptors (Lipinski definition) is 6. The highest BCUT2D eigenvalue weighted by molar-refractivity contribution is 5.90. The summed E-state index contributed by atoms with van der Waals surface area (Å²) in [5.74, 6) is -0.358. The van der Waals surface area contributed by atoms with Crippen molar-refractivity contribution < 1.29 is 9.53 Å². The lowest BCUT2D eigenvalue weighted by atomic mass is 10.1. The van der Waals surface area contributed by atoms with Crippen LogP contribution in [-0.4, -0.2) is 33.7 Å². The van der Waals surface area contributed by atoms with Crippen molar-refractivity contribution in [3.63, 3.8) is 0 Å². The van der Waals surface area contributed by atoms with Gasteiger partial charge in [0.05, 0.1) is 63.6 Å². The molecule has 0 radical (unpaired) electrons. The van der Waals surface area contributed by atoms with Gasteiger partial charge in [0.1, 0.15) is 0 Å². The van der Waals surface area contributed by atoms with E-state index in [1.54, 1.807) is 18.3 Å². The van der Waals surface area contributed by atoms with E-state index in [9.17, 15) is 4.79 Å². The molecule has 2 aliphatic carbocycles. The Labute approximate surface area is 208 Å². The molecule has 0 unspecified atom stereocenters. The molecular formula is C29H25N5O2. The van der Waals surface area contributed by atoms with Crippen LogP contribution in [0.25, 0.3) is 28.1 Å². The van der Waals surface area contributed by atoms with Crippen molar-refractivity contribution in [1.29, 1.82) is 0 Å². The number of ether oxygens (including phenoxy) is 1. The van der Waals surface area contributed by atoms with E-state index < -0.39 is 0 Å². The van der Waals surface area contributed by atoms with Gasteiger partial charge in [-0.05, 0) is 80.4 Å². The first-order valence-corrected chi connectivity index (χ1v) is 12.0. The summed E-state index contributed by atoms with van der Waals surface area (Å²) < 4.78 is 7.04. The van der Waals surface area contributed by atoms with E-state index in [0.29, 0.717) is 11.6 Å². The van der Waals surface area contributed by atoms with Gasteiger partial charge in [-0.1, -0.05) is 12.1 Å². The number of nitrogens with one attached hydrogen (secondary N) is 1. The van der Waals surface area contributed by atoms with Gasteiger partial charge in [-0.15, -0.1) is 0 Å². The summed E-state index contributed by atoms with van der Waals surface area (Å²) in [5.41, 5.74) is 7.81. The second-order valence-electron chi connectivity index (χ2n) is 8.95. The van der Waals surface area contributed by atoms with Crippen LogP contribution in [0.5, 0.6) is 0 Å². The van der Waals surface area contributed by atoms with Gasteiger partial charge in [0.15, 0.2) is 0 Å². The van der Waals surface area contributed by atoms with E-state index in [1.165, 1.54) is 7.11 Å². The third-order valence-corrected chi connectivity index (χ3v) is 6.39. The Hall–Kier alpha value is -4.52. The van der Waals surface area contributed by atoms with E-state index in [4.69, 9.17) is 14.7 Å². The number of aryl methyl sites for hydroxylation is 1. The molecule has 1 aliphatic heterocycles. The number of aromatic nitrogens is 3. The molecule has 6 rings (SSSR count). The van der Waals surface area contributed by atoms with Crippen LogP contribution < -0.4 is 10.7 Å². The summed E-state index contributed by atoms with van der Waals surface area (Å²) in [6, 6.07) is 23.9. The fourth-order valence-electron chi connectivity index (χ4n) is 4.35. The highest BCUT2D eigenvalue weighted by Gasteiger charge is 2.22. The van der Waals surface area contributed by atoms with Crippen LogP contribution in [0, 0.1) is 6.92 Å². The standard InChI is InChI=1S/C29H25N5O2/c1-18-22(7-5-15-30-18)32-24-16-26-28(17-25(24)31-20-11-12-20)34(27-8-4-3-6-23(27)33-26)21-13-9-19(10-14-21)29(35)36-2/h3-10,13-17,20,32H,11-12H2,1-2H3. The van der Waals surface area contributed by atoms with E-state index in [0.717, 1.165) is 63.4 Å². The fourth-order valence-corrected chi connectivity index (χ4v) is 4.35. The van der Waals surface area contributed by atoms with Crippen molar-refractivity contribution in [2.45, 2.75) is 25.8 Å². The van der Waals surface area contributed by atoms with Gasteiger partial charge < -0.3 is 14.6 Å². The van der Waals surface area contributed by atoms with Gasteiger partial charge in [0.2, 0.25) is 0 Å². The molecule has 2 aromatic carbocycles. The maximum absolute atomic E-state index is 12.0. The molecule has 178 valence electrons. The zero-order valence-electron chi connectivity index (χ0n) is 20.1. The highest BCUT2D eigenvalue weighted by Crippen LogP contribution is 2.31. The zero-order valence-corrected chi connectivity index (χ0v) is 20.1. The first kappa shape index (κ1) is 22.0. The molecule has 36 heavy (non-hydrogen) atoms. The van der Waals surface area contributed by atoms with E-state index in [1.807, 2.05) is 49.4 Å². The minimum Gasteiger partial charge on any atom is -0.465 e. The van der Waals surface area contributed by atoms with Crippen LogP contribution in [0.4, 0.5) is 11.4 Å². The number of benzene rings is 3. The minimum absolute atomic E-state index is 0.346. The van der Waals surface area contributed by atoms with Crippen LogP contribution in [0.3, 0.4) is 0 Å². The fraction of sp³-hybridized carbons (Fsp3) is 0.172. The van der Waals surface area contributed by atoms with Crippen molar-refractivity contribution in [2.24, 2.45) is 4.99 Å². The number of fused-ring (bicyclic) bond motifs is 2. The lowest BCUT2D eigenvalue weighted by molar-refractivity contribution is 0.0600. The Morgan fingerprint density at radius 1 is 1.03 bits per heavy atom. The van der Waals surface area contributed by atoms with Crippen molar-refractivity contribution in [3.8, 4) is 17.1 Å². The lowest BCUT2D eigenvalue weighted by Gasteiger charge is -2.20. The molecule has 1 fully saturated rings. The van der Waals surface area contributed by atoms with Crippen molar-refractivity contribution in [2.75, 3.05) is 12.4 Å². The molecule has 0 bridgehead atoms. The maximum atomic E-state index is 12.0. The normalized spacial score (nSPS) is 13.8. The first-order chi connectivity index (χ1) is 17.6. The predicted octanol–water partition coefficient (Wildman–Crippen LogP) is 5.43. The molecule has 7 heteroatoms. The van der Waals surface area contributed by atoms with Crippen LogP contribution in [0.1, 0.15) is 28.9 Å². The molecule has 1 aromatic heterocycles. The Balaban J connectivity index is 1.59. The third kappa shape index (κ3) is 4.09. The number of pyridine rings is 1. The molecule has 3 aliphatic rings. The third-order valence-electron chi connectivity index (χ3n) is 6.39. The molecule has 0 saturated heterocycles. The van der Waals surface area contributed by atoms with Gasteiger partial charge in [-0.3, -0.25) is 9.98 Å². The number of methoxy groups -OCH3 is 1. The molecule has 3 aromatic rings. The molecule has 1 saturated carbocycles.